The maximum atomic E-state index is 11.5. The Bertz CT molecular complexity index is 375. The zero-order valence-electron chi connectivity index (χ0n) is 9.86. The molecule has 2 amide bonds. The Morgan fingerprint density at radius 2 is 2.53 bits per heavy atom. The van der Waals surface area contributed by atoms with Crippen LogP contribution in [0.25, 0.3) is 0 Å². The number of rotatable bonds is 4. The lowest BCUT2D eigenvalue weighted by molar-refractivity contribution is 0.185. The van der Waals surface area contributed by atoms with E-state index in [-0.39, 0.29) is 6.03 Å². The molecule has 94 valence electrons. The van der Waals surface area contributed by atoms with E-state index in [1.165, 1.54) is 0 Å². The lowest BCUT2D eigenvalue weighted by Gasteiger charge is -2.09. The third-order valence-electron chi connectivity index (χ3n) is 2.64. The van der Waals surface area contributed by atoms with E-state index >= 15 is 0 Å². The molecular weight excluding hydrogens is 238 g/mol. The number of ether oxygens (including phenoxy) is 1. The summed E-state index contributed by atoms with van der Waals surface area (Å²) in [4.78, 5) is 15.8. The number of aryl methyl sites for hydroxylation is 1. The first-order valence-electron chi connectivity index (χ1n) is 5.74. The number of carbonyl (C=O) groups excluding carboxylic acids is 1. The van der Waals surface area contributed by atoms with Gasteiger partial charge in [0.15, 0.2) is 0 Å². The highest BCUT2D eigenvalue weighted by Crippen LogP contribution is 2.10. The molecule has 1 aliphatic rings. The highest BCUT2D eigenvalue weighted by Gasteiger charge is 2.16. The van der Waals surface area contributed by atoms with Gasteiger partial charge < -0.3 is 15.4 Å². The van der Waals surface area contributed by atoms with Crippen LogP contribution >= 0.6 is 11.3 Å². The molecule has 1 atom stereocenters. The Kier molecular flexibility index (Phi) is 4.33. The van der Waals surface area contributed by atoms with Gasteiger partial charge in [-0.25, -0.2) is 9.78 Å². The second-order valence-corrected chi connectivity index (χ2v) is 5.12. The number of carbonyl (C=O) groups is 1. The van der Waals surface area contributed by atoms with E-state index in [1.807, 2.05) is 12.3 Å². The van der Waals surface area contributed by atoms with Crippen LogP contribution < -0.4 is 10.6 Å². The first kappa shape index (κ1) is 12.3. The smallest absolute Gasteiger partial charge is 0.315 e. The second-order valence-electron chi connectivity index (χ2n) is 4.18. The van der Waals surface area contributed by atoms with Crippen molar-refractivity contribution in [3.63, 3.8) is 0 Å². The monoisotopic (exact) mass is 255 g/mol. The number of amides is 2. The molecule has 6 heteroatoms. The Morgan fingerprint density at radius 3 is 3.18 bits per heavy atom. The topological polar surface area (TPSA) is 63.2 Å². The minimum Gasteiger partial charge on any atom is -0.381 e. The van der Waals surface area contributed by atoms with Crippen molar-refractivity contribution in [1.29, 1.82) is 0 Å². The first-order chi connectivity index (χ1) is 8.24. The number of urea groups is 1. The quantitative estimate of drug-likeness (QED) is 0.852. The molecule has 2 heterocycles. The molecule has 1 aliphatic heterocycles. The summed E-state index contributed by atoms with van der Waals surface area (Å²) in [6.45, 7) is 4.69. The van der Waals surface area contributed by atoms with Crippen LogP contribution in [0.2, 0.25) is 0 Å². The van der Waals surface area contributed by atoms with Crippen LogP contribution in [-0.4, -0.2) is 30.8 Å². The van der Waals surface area contributed by atoms with Crippen molar-refractivity contribution in [3.05, 3.63) is 16.1 Å². The number of hydrogen-bond acceptors (Lipinski definition) is 4. The van der Waals surface area contributed by atoms with Crippen molar-refractivity contribution >= 4 is 17.4 Å². The van der Waals surface area contributed by atoms with Crippen molar-refractivity contribution < 1.29 is 9.53 Å². The summed E-state index contributed by atoms with van der Waals surface area (Å²) in [5.74, 6) is 0.461. The SMILES string of the molecule is Cc1csc(CNC(=O)NC[C@@H]2CCOC2)n1. The summed E-state index contributed by atoms with van der Waals surface area (Å²) in [5, 5.41) is 8.55. The van der Waals surface area contributed by atoms with Crippen LogP contribution in [0.15, 0.2) is 5.38 Å². The fourth-order valence-electron chi connectivity index (χ4n) is 1.68. The molecule has 5 nitrogen and oxygen atoms in total. The summed E-state index contributed by atoms with van der Waals surface area (Å²) in [6.07, 6.45) is 1.03. The predicted octanol–water partition coefficient (Wildman–Crippen LogP) is 1.29. The Balaban J connectivity index is 1.63. The van der Waals surface area contributed by atoms with Crippen molar-refractivity contribution in [1.82, 2.24) is 15.6 Å². The molecular formula is C11H17N3O2S. The summed E-state index contributed by atoms with van der Waals surface area (Å²) in [6, 6.07) is -0.134. The molecule has 2 N–H and O–H groups in total. The predicted molar refractivity (Wildman–Crippen MR) is 66.0 cm³/mol. The first-order valence-corrected chi connectivity index (χ1v) is 6.62. The van der Waals surface area contributed by atoms with Gasteiger partial charge in [0.05, 0.1) is 13.2 Å². The second kappa shape index (κ2) is 5.97. The Labute approximate surface area is 105 Å². The highest BCUT2D eigenvalue weighted by molar-refractivity contribution is 7.09. The van der Waals surface area contributed by atoms with Crippen LogP contribution in [0.4, 0.5) is 4.79 Å². The number of aromatic nitrogens is 1. The normalized spacial score (nSPS) is 19.2. The maximum absolute atomic E-state index is 11.5. The molecule has 0 aliphatic carbocycles. The van der Waals surface area contributed by atoms with E-state index in [4.69, 9.17) is 4.74 Å². The molecule has 0 saturated carbocycles. The van der Waals surface area contributed by atoms with Crippen molar-refractivity contribution in [2.75, 3.05) is 19.8 Å². The van der Waals surface area contributed by atoms with Gasteiger partial charge >= 0.3 is 6.03 Å². The molecule has 2 rings (SSSR count). The Morgan fingerprint density at radius 1 is 1.65 bits per heavy atom. The van der Waals surface area contributed by atoms with Gasteiger partial charge in [0.1, 0.15) is 5.01 Å². The lowest BCUT2D eigenvalue weighted by Crippen LogP contribution is -2.38. The van der Waals surface area contributed by atoms with Gasteiger partial charge in [-0.3, -0.25) is 0 Å². The molecule has 1 aromatic heterocycles. The van der Waals surface area contributed by atoms with E-state index in [2.05, 4.69) is 15.6 Å². The molecule has 17 heavy (non-hydrogen) atoms. The number of nitrogens with zero attached hydrogens (tertiary/aromatic N) is 1. The van der Waals surface area contributed by atoms with Crippen LogP contribution in [0.1, 0.15) is 17.1 Å². The van der Waals surface area contributed by atoms with Gasteiger partial charge in [0.2, 0.25) is 0 Å². The molecule has 0 unspecified atom stereocenters. The molecule has 0 bridgehead atoms. The summed E-state index contributed by atoms with van der Waals surface area (Å²) < 4.78 is 5.24. The maximum Gasteiger partial charge on any atom is 0.315 e. The molecule has 0 spiro atoms. The van der Waals surface area contributed by atoms with E-state index in [1.54, 1.807) is 11.3 Å². The van der Waals surface area contributed by atoms with Crippen LogP contribution in [-0.2, 0) is 11.3 Å². The standard InChI is InChI=1S/C11H17N3O2S/c1-8-7-17-10(14-8)5-13-11(15)12-4-9-2-3-16-6-9/h7,9H,2-6H2,1H3,(H2,12,13,15)/t9-/m0/s1. The van der Waals surface area contributed by atoms with Crippen molar-refractivity contribution in [2.45, 2.75) is 19.9 Å². The molecule has 1 saturated heterocycles. The van der Waals surface area contributed by atoms with Crippen LogP contribution in [0.5, 0.6) is 0 Å². The zero-order chi connectivity index (χ0) is 12.1. The largest absolute Gasteiger partial charge is 0.381 e. The van der Waals surface area contributed by atoms with Gasteiger partial charge in [0, 0.05) is 30.1 Å². The van der Waals surface area contributed by atoms with E-state index < -0.39 is 0 Å². The van der Waals surface area contributed by atoms with Crippen LogP contribution in [0, 0.1) is 12.8 Å². The lowest BCUT2D eigenvalue weighted by atomic mass is 10.1. The average molecular weight is 255 g/mol. The van der Waals surface area contributed by atoms with E-state index in [0.717, 1.165) is 30.3 Å². The summed E-state index contributed by atoms with van der Waals surface area (Å²) in [7, 11) is 0. The van der Waals surface area contributed by atoms with E-state index in [0.29, 0.717) is 19.0 Å². The number of nitrogens with one attached hydrogen (secondary N) is 2. The minimum absolute atomic E-state index is 0.134. The Hall–Kier alpha value is -1.14. The van der Waals surface area contributed by atoms with Gasteiger partial charge in [-0.05, 0) is 13.3 Å². The van der Waals surface area contributed by atoms with Crippen molar-refractivity contribution in [3.8, 4) is 0 Å². The zero-order valence-corrected chi connectivity index (χ0v) is 10.7. The van der Waals surface area contributed by atoms with Crippen molar-refractivity contribution in [2.24, 2.45) is 5.92 Å². The third kappa shape index (κ3) is 3.98. The van der Waals surface area contributed by atoms with Gasteiger partial charge in [-0.2, -0.15) is 0 Å². The third-order valence-corrected chi connectivity index (χ3v) is 3.61. The fourth-order valence-corrected chi connectivity index (χ4v) is 2.40. The van der Waals surface area contributed by atoms with Gasteiger partial charge in [-0.15, -0.1) is 11.3 Å². The summed E-state index contributed by atoms with van der Waals surface area (Å²) in [5.41, 5.74) is 0.996. The number of thiazole rings is 1. The van der Waals surface area contributed by atoms with E-state index in [9.17, 15) is 4.79 Å². The molecule has 0 aromatic carbocycles. The molecule has 1 fully saturated rings. The van der Waals surface area contributed by atoms with Gasteiger partial charge in [0.25, 0.3) is 0 Å². The molecule has 1 aromatic rings. The minimum atomic E-state index is -0.134. The number of hydrogen-bond donors (Lipinski definition) is 2. The van der Waals surface area contributed by atoms with Gasteiger partial charge in [-0.1, -0.05) is 0 Å². The average Bonchev–Trinajstić information content (AvgIpc) is 2.95. The summed E-state index contributed by atoms with van der Waals surface area (Å²) >= 11 is 1.56. The highest BCUT2D eigenvalue weighted by atomic mass is 32.1. The molecule has 0 radical (unpaired) electrons. The van der Waals surface area contributed by atoms with Crippen LogP contribution in [0.3, 0.4) is 0 Å². The fraction of sp³-hybridized carbons (Fsp3) is 0.636.